The molecule has 0 bridgehead atoms. The second kappa shape index (κ2) is 13.5. The lowest BCUT2D eigenvalue weighted by Crippen LogP contribution is -2.23. The largest absolute Gasteiger partial charge is 0.494 e. The summed E-state index contributed by atoms with van der Waals surface area (Å²) in [6.45, 7) is 2.97. The third-order valence-electron chi connectivity index (χ3n) is 7.29. The maximum Gasteiger partial charge on any atom is 0.291 e. The van der Waals surface area contributed by atoms with E-state index in [-0.39, 0.29) is 5.56 Å². The Morgan fingerprint density at radius 3 is 2.43 bits per heavy atom. The fourth-order valence-corrected chi connectivity index (χ4v) is 6.02. The van der Waals surface area contributed by atoms with Crippen molar-refractivity contribution >= 4 is 46.1 Å². The van der Waals surface area contributed by atoms with Crippen molar-refractivity contribution in [3.05, 3.63) is 152 Å². The monoisotopic (exact) mass is 657 g/mol. The van der Waals surface area contributed by atoms with E-state index in [0.717, 1.165) is 33.7 Å². The van der Waals surface area contributed by atoms with Crippen LogP contribution in [0.3, 0.4) is 0 Å². The lowest BCUT2D eigenvalue weighted by molar-refractivity contribution is 0.306. The summed E-state index contributed by atoms with van der Waals surface area (Å²) in [5.74, 6) is 1.98. The molecule has 0 atom stereocenters. The molecule has 8 nitrogen and oxygen atoms in total. The van der Waals surface area contributed by atoms with Crippen molar-refractivity contribution in [1.29, 1.82) is 0 Å². The molecule has 0 radical (unpaired) electrons. The molecule has 0 saturated heterocycles. The first kappa shape index (κ1) is 30.2. The van der Waals surface area contributed by atoms with E-state index in [1.807, 2.05) is 133 Å². The Morgan fingerprint density at radius 1 is 0.851 bits per heavy atom. The Hall–Kier alpha value is -5.51. The van der Waals surface area contributed by atoms with Gasteiger partial charge in [-0.25, -0.2) is 4.68 Å². The minimum Gasteiger partial charge on any atom is -0.494 e. The van der Waals surface area contributed by atoms with E-state index in [1.54, 1.807) is 6.08 Å². The summed E-state index contributed by atoms with van der Waals surface area (Å²) in [4.78, 5) is 18.6. The summed E-state index contributed by atoms with van der Waals surface area (Å²) in [6.07, 6.45) is 7.47. The number of aromatic nitrogens is 5. The topological polar surface area (TPSA) is 83.5 Å². The molecule has 0 N–H and O–H groups in total. The Balaban J connectivity index is 1.20. The fraction of sp³-hybridized carbons (Fsp3) is 0.0811. The second-order valence-electron chi connectivity index (χ2n) is 10.6. The van der Waals surface area contributed by atoms with Crippen LogP contribution in [0.15, 0.2) is 114 Å². The van der Waals surface area contributed by atoms with Crippen molar-refractivity contribution in [2.24, 2.45) is 0 Å². The summed E-state index contributed by atoms with van der Waals surface area (Å²) in [7, 11) is 0. The molecule has 0 aliphatic rings. The molecular weight excluding hydrogens is 630 g/mol. The zero-order chi connectivity index (χ0) is 32.2. The van der Waals surface area contributed by atoms with Gasteiger partial charge in [0.1, 0.15) is 23.8 Å². The number of fused-ring (bicyclic) bond motifs is 1. The molecule has 0 amide bonds. The molecular formula is C37H28ClN5O3S. The van der Waals surface area contributed by atoms with Crippen molar-refractivity contribution in [3.63, 3.8) is 0 Å². The van der Waals surface area contributed by atoms with Crippen LogP contribution in [0.1, 0.15) is 29.4 Å². The highest BCUT2D eigenvalue weighted by Gasteiger charge is 2.15. The number of hydrogen-bond acceptors (Lipinski definition) is 7. The van der Waals surface area contributed by atoms with Crippen molar-refractivity contribution in [3.8, 4) is 28.4 Å². The Kier molecular flexibility index (Phi) is 8.64. The van der Waals surface area contributed by atoms with Crippen LogP contribution < -0.4 is 19.6 Å². The zero-order valence-electron chi connectivity index (χ0n) is 25.3. The maximum absolute atomic E-state index is 13.5. The van der Waals surface area contributed by atoms with Gasteiger partial charge in [0.15, 0.2) is 5.82 Å². The van der Waals surface area contributed by atoms with Gasteiger partial charge in [-0.05, 0) is 78.7 Å². The lowest BCUT2D eigenvalue weighted by atomic mass is 10.1. The number of hydrogen-bond donors (Lipinski definition) is 0. The number of nitrogens with zero attached hydrogens (tertiary/aromatic N) is 5. The van der Waals surface area contributed by atoms with Crippen LogP contribution in [-0.2, 0) is 6.61 Å². The average Bonchev–Trinajstić information content (AvgIpc) is 3.79. The van der Waals surface area contributed by atoms with Crippen LogP contribution in [0.2, 0.25) is 5.02 Å². The molecule has 47 heavy (non-hydrogen) atoms. The van der Waals surface area contributed by atoms with Gasteiger partial charge >= 0.3 is 0 Å². The molecule has 0 fully saturated rings. The van der Waals surface area contributed by atoms with Gasteiger partial charge in [-0.2, -0.15) is 14.6 Å². The summed E-state index contributed by atoms with van der Waals surface area (Å²) in [5, 5.41) is 10.1. The third kappa shape index (κ3) is 6.86. The van der Waals surface area contributed by atoms with E-state index in [4.69, 9.17) is 26.2 Å². The Bertz CT molecular complexity index is 2290. The molecule has 3 heterocycles. The van der Waals surface area contributed by atoms with Gasteiger partial charge in [-0.1, -0.05) is 83.6 Å². The highest BCUT2D eigenvalue weighted by atomic mass is 35.5. The standard InChI is InChI=1S/C37H28ClN5O3S/c1-2-45-31-18-13-25(14-19-31)15-20-34-39-37-43(40-34)36(44)33(47-37)22-28-23-42(30-8-4-3-5-9-30)41-35(28)27-7-6-10-32(21-27)46-24-26-11-16-29(38)17-12-26/h3-23H,2,24H2,1H3/b20-15+,33-22-. The average molecular weight is 658 g/mol. The van der Waals surface area contributed by atoms with Gasteiger partial charge in [0.25, 0.3) is 5.56 Å². The molecule has 0 spiro atoms. The summed E-state index contributed by atoms with van der Waals surface area (Å²) < 4.78 is 15.3. The maximum atomic E-state index is 13.5. The molecule has 232 valence electrons. The molecule has 7 aromatic rings. The lowest BCUT2D eigenvalue weighted by Gasteiger charge is -2.08. The van der Waals surface area contributed by atoms with Crippen molar-refractivity contribution in [2.75, 3.05) is 6.61 Å². The van der Waals surface area contributed by atoms with E-state index >= 15 is 0 Å². The molecule has 7 rings (SSSR count). The molecule has 0 aliphatic heterocycles. The summed E-state index contributed by atoms with van der Waals surface area (Å²) in [6, 6.07) is 32.9. The number of rotatable bonds is 10. The molecule has 0 aliphatic carbocycles. The van der Waals surface area contributed by atoms with Gasteiger partial charge in [-0.15, -0.1) is 5.10 Å². The van der Waals surface area contributed by atoms with E-state index in [1.165, 1.54) is 15.9 Å². The summed E-state index contributed by atoms with van der Waals surface area (Å²) >= 11 is 7.32. The first-order valence-electron chi connectivity index (χ1n) is 15.0. The van der Waals surface area contributed by atoms with Crippen LogP contribution in [-0.4, -0.2) is 31.0 Å². The van der Waals surface area contributed by atoms with Gasteiger partial charge in [0.2, 0.25) is 4.96 Å². The normalized spacial score (nSPS) is 11.9. The second-order valence-corrected chi connectivity index (χ2v) is 12.0. The molecule has 0 unspecified atom stereocenters. The SMILES string of the molecule is CCOc1ccc(/C=C/c2nc3s/c(=C\c4cn(-c5ccccc5)nc4-c4cccc(OCc5ccc(Cl)cc5)c4)c(=O)n3n2)cc1. The van der Waals surface area contributed by atoms with Crippen LogP contribution in [0.4, 0.5) is 0 Å². The quantitative estimate of drug-likeness (QED) is 0.153. The van der Waals surface area contributed by atoms with Gasteiger partial charge < -0.3 is 9.47 Å². The van der Waals surface area contributed by atoms with Gasteiger partial charge in [-0.3, -0.25) is 4.79 Å². The fourth-order valence-electron chi connectivity index (χ4n) is 4.98. The minimum atomic E-state index is -0.239. The van der Waals surface area contributed by atoms with E-state index in [9.17, 15) is 4.79 Å². The number of ether oxygens (including phenoxy) is 2. The van der Waals surface area contributed by atoms with Crippen LogP contribution in [0, 0.1) is 0 Å². The predicted molar refractivity (Wildman–Crippen MR) is 187 cm³/mol. The smallest absolute Gasteiger partial charge is 0.291 e. The van der Waals surface area contributed by atoms with Gasteiger partial charge in [0, 0.05) is 22.3 Å². The number of benzene rings is 4. The highest BCUT2D eigenvalue weighted by molar-refractivity contribution is 7.15. The van der Waals surface area contributed by atoms with Gasteiger partial charge in [0.05, 0.1) is 16.8 Å². The molecule has 10 heteroatoms. The number of para-hydroxylation sites is 1. The van der Waals surface area contributed by atoms with Crippen LogP contribution in [0.25, 0.3) is 40.1 Å². The van der Waals surface area contributed by atoms with Crippen molar-refractivity contribution in [1.82, 2.24) is 24.4 Å². The number of halogens is 1. The molecule has 0 saturated carbocycles. The zero-order valence-corrected chi connectivity index (χ0v) is 26.9. The van der Waals surface area contributed by atoms with Crippen LogP contribution in [0.5, 0.6) is 11.5 Å². The van der Waals surface area contributed by atoms with E-state index < -0.39 is 0 Å². The van der Waals surface area contributed by atoms with E-state index in [0.29, 0.717) is 45.0 Å². The molecule has 3 aromatic heterocycles. The summed E-state index contributed by atoms with van der Waals surface area (Å²) in [5.41, 5.74) is 4.99. The van der Waals surface area contributed by atoms with Crippen LogP contribution >= 0.6 is 22.9 Å². The van der Waals surface area contributed by atoms with Crippen molar-refractivity contribution < 1.29 is 9.47 Å². The predicted octanol–water partition coefficient (Wildman–Crippen LogP) is 7.35. The minimum absolute atomic E-state index is 0.239. The highest BCUT2D eigenvalue weighted by Crippen LogP contribution is 2.28. The third-order valence-corrected chi connectivity index (χ3v) is 8.50. The number of thiazole rings is 1. The van der Waals surface area contributed by atoms with Crippen molar-refractivity contribution in [2.45, 2.75) is 13.5 Å². The van der Waals surface area contributed by atoms with E-state index in [2.05, 4.69) is 10.1 Å². The first-order valence-corrected chi connectivity index (χ1v) is 16.2. The Morgan fingerprint density at radius 2 is 1.66 bits per heavy atom. The molecule has 4 aromatic carbocycles. The first-order chi connectivity index (χ1) is 23.0. The Labute approximate surface area is 279 Å².